The number of fused-ring (bicyclic) bond motifs is 2. The Hall–Kier alpha value is -3.43. The van der Waals surface area contributed by atoms with Crippen molar-refractivity contribution >= 4 is 29.5 Å². The lowest BCUT2D eigenvalue weighted by Crippen LogP contribution is -2.60. The molecular weight excluding hydrogens is 522 g/mol. The van der Waals surface area contributed by atoms with Crippen LogP contribution >= 0.6 is 0 Å². The van der Waals surface area contributed by atoms with Gasteiger partial charge < -0.3 is 26.6 Å². The van der Waals surface area contributed by atoms with Gasteiger partial charge in [-0.25, -0.2) is 4.79 Å². The van der Waals surface area contributed by atoms with Crippen LogP contribution in [0.2, 0.25) is 0 Å². The van der Waals surface area contributed by atoms with E-state index in [1.807, 2.05) is 26.0 Å². The minimum atomic E-state index is -1.07. The lowest BCUT2D eigenvalue weighted by atomic mass is 9.93. The van der Waals surface area contributed by atoms with E-state index in [4.69, 9.17) is 5.73 Å². The van der Waals surface area contributed by atoms with Crippen LogP contribution in [0, 0.1) is 29.1 Å². The Balaban J connectivity index is 1.39. The number of carbonyl (C=O) groups excluding carboxylic acids is 5. The number of likely N-dealkylation sites (tertiary alicyclic amines) is 1. The third kappa shape index (κ3) is 5.83. The fourth-order valence-corrected chi connectivity index (χ4v) is 7.06. The molecule has 0 aromatic heterocycles. The van der Waals surface area contributed by atoms with E-state index in [2.05, 4.69) is 41.9 Å². The van der Waals surface area contributed by atoms with Gasteiger partial charge >= 0.3 is 6.03 Å². The van der Waals surface area contributed by atoms with Crippen molar-refractivity contribution in [3.05, 3.63) is 35.4 Å². The summed E-state index contributed by atoms with van der Waals surface area (Å²) in [5.74, 6) is -2.43. The van der Waals surface area contributed by atoms with Crippen LogP contribution in [0.3, 0.4) is 0 Å². The highest BCUT2D eigenvalue weighted by molar-refractivity contribution is 6.37. The van der Waals surface area contributed by atoms with Crippen molar-refractivity contribution in [2.45, 2.75) is 90.4 Å². The van der Waals surface area contributed by atoms with E-state index >= 15 is 0 Å². The van der Waals surface area contributed by atoms with Crippen molar-refractivity contribution in [3.63, 3.8) is 0 Å². The fourth-order valence-electron chi connectivity index (χ4n) is 7.06. The zero-order valence-corrected chi connectivity index (χ0v) is 24.4. The molecule has 3 aliphatic carbocycles. The van der Waals surface area contributed by atoms with Crippen LogP contribution in [-0.2, 0) is 32.0 Å². The largest absolute Gasteiger partial charge is 0.363 e. The van der Waals surface area contributed by atoms with E-state index in [0.29, 0.717) is 25.8 Å². The number of urea groups is 1. The second kappa shape index (κ2) is 11.1. The topological polar surface area (TPSA) is 151 Å². The number of nitrogens with one attached hydrogen (secondary N) is 3. The van der Waals surface area contributed by atoms with Gasteiger partial charge in [0.15, 0.2) is 0 Å². The standard InChI is InChI=1S/C31H43N5O5/c1-5-16(2)33-30(41)35-24(20-13-18-8-6-7-9-19(18)14-20)29(40)36-15-21-23(31(21,3)4)25(36)28(39)34-22(12-17-10-11-17)26(37)27(32)38/h6-9,16-17,20-25H,5,10-15H2,1-4H3,(H2,32,38)(H,34,39)(H2,33,35,41)/t16?,21?,22?,23?,24-,25-/m0/s1. The van der Waals surface area contributed by atoms with Crippen LogP contribution < -0.4 is 21.7 Å². The van der Waals surface area contributed by atoms with E-state index in [9.17, 15) is 24.0 Å². The summed E-state index contributed by atoms with van der Waals surface area (Å²) in [7, 11) is 0. The van der Waals surface area contributed by atoms with Gasteiger partial charge in [0, 0.05) is 12.6 Å². The number of hydrogen-bond acceptors (Lipinski definition) is 5. The van der Waals surface area contributed by atoms with E-state index < -0.39 is 41.8 Å². The average molecular weight is 566 g/mol. The zero-order chi connectivity index (χ0) is 29.6. The van der Waals surface area contributed by atoms with Gasteiger partial charge in [0.25, 0.3) is 5.91 Å². The molecule has 5 rings (SSSR count). The molecule has 6 atom stereocenters. The van der Waals surface area contributed by atoms with Crippen LogP contribution in [0.1, 0.15) is 64.5 Å². The normalized spacial score (nSPS) is 26.2. The first kappa shape index (κ1) is 29.1. The summed E-state index contributed by atoms with van der Waals surface area (Å²) in [5.41, 5.74) is 7.48. The highest BCUT2D eigenvalue weighted by atomic mass is 16.2. The highest BCUT2D eigenvalue weighted by Gasteiger charge is 2.69. The van der Waals surface area contributed by atoms with Gasteiger partial charge in [0.05, 0.1) is 6.04 Å². The quantitative estimate of drug-likeness (QED) is 0.301. The molecule has 5 N–H and O–H groups in total. The molecule has 4 aliphatic rings. The van der Waals surface area contributed by atoms with Crippen LogP contribution in [-0.4, -0.2) is 65.1 Å². The first-order valence-corrected chi connectivity index (χ1v) is 15.0. The Morgan fingerprint density at radius 3 is 2.22 bits per heavy atom. The lowest BCUT2D eigenvalue weighted by molar-refractivity contribution is -0.144. The third-order valence-corrected chi connectivity index (χ3v) is 10.00. The number of amides is 5. The average Bonchev–Trinajstić information content (AvgIpc) is 3.68. The van der Waals surface area contributed by atoms with E-state index in [-0.39, 0.29) is 41.0 Å². The summed E-state index contributed by atoms with van der Waals surface area (Å²) >= 11 is 0. The molecule has 1 saturated heterocycles. The Morgan fingerprint density at radius 1 is 1.02 bits per heavy atom. The van der Waals surface area contributed by atoms with Crippen molar-refractivity contribution in [1.82, 2.24) is 20.9 Å². The predicted octanol–water partition coefficient (Wildman–Crippen LogP) is 1.69. The molecule has 10 heteroatoms. The number of primary amides is 1. The number of ketones is 1. The van der Waals surface area contributed by atoms with Gasteiger partial charge in [-0.3, -0.25) is 19.2 Å². The predicted molar refractivity (Wildman–Crippen MR) is 152 cm³/mol. The summed E-state index contributed by atoms with van der Waals surface area (Å²) < 4.78 is 0. The monoisotopic (exact) mass is 565 g/mol. The van der Waals surface area contributed by atoms with Crippen molar-refractivity contribution < 1.29 is 24.0 Å². The van der Waals surface area contributed by atoms with Gasteiger partial charge in [0.2, 0.25) is 17.6 Å². The van der Waals surface area contributed by atoms with E-state index in [1.165, 1.54) is 0 Å². The molecule has 5 amide bonds. The molecule has 0 radical (unpaired) electrons. The molecule has 3 fully saturated rings. The van der Waals surface area contributed by atoms with E-state index in [1.54, 1.807) is 4.90 Å². The van der Waals surface area contributed by atoms with Crippen molar-refractivity contribution in [2.75, 3.05) is 6.54 Å². The summed E-state index contributed by atoms with van der Waals surface area (Å²) in [4.78, 5) is 67.1. The molecule has 1 heterocycles. The molecule has 1 aromatic rings. The molecule has 0 bridgehead atoms. The molecule has 2 saturated carbocycles. The van der Waals surface area contributed by atoms with Gasteiger partial charge in [-0.2, -0.15) is 0 Å². The van der Waals surface area contributed by atoms with Crippen LogP contribution in [0.25, 0.3) is 0 Å². The van der Waals surface area contributed by atoms with Crippen molar-refractivity contribution in [1.29, 1.82) is 0 Å². The van der Waals surface area contributed by atoms with E-state index in [0.717, 1.165) is 30.4 Å². The minimum Gasteiger partial charge on any atom is -0.363 e. The minimum absolute atomic E-state index is 0.0588. The van der Waals surface area contributed by atoms with Crippen molar-refractivity contribution in [3.8, 4) is 0 Å². The number of carbonyl (C=O) groups is 5. The summed E-state index contributed by atoms with van der Waals surface area (Å²) in [6, 6.07) is 4.97. The second-order valence-corrected chi connectivity index (χ2v) is 13.2. The number of hydrogen-bond donors (Lipinski definition) is 4. The molecule has 10 nitrogen and oxygen atoms in total. The molecule has 4 unspecified atom stereocenters. The second-order valence-electron chi connectivity index (χ2n) is 13.2. The first-order chi connectivity index (χ1) is 19.4. The lowest BCUT2D eigenvalue weighted by Gasteiger charge is -2.35. The zero-order valence-electron chi connectivity index (χ0n) is 24.4. The molecule has 0 spiro atoms. The number of benzene rings is 1. The number of rotatable bonds is 11. The Labute approximate surface area is 241 Å². The number of nitrogens with two attached hydrogens (primary N) is 1. The molecular formula is C31H43N5O5. The summed E-state index contributed by atoms with van der Waals surface area (Å²) in [6.45, 7) is 8.45. The summed E-state index contributed by atoms with van der Waals surface area (Å²) in [5, 5.41) is 8.68. The van der Waals surface area contributed by atoms with Gasteiger partial charge in [0.1, 0.15) is 12.1 Å². The van der Waals surface area contributed by atoms with Gasteiger partial charge in [-0.05, 0) is 72.8 Å². The molecule has 41 heavy (non-hydrogen) atoms. The maximum absolute atomic E-state index is 14.3. The first-order valence-electron chi connectivity index (χ1n) is 15.0. The maximum Gasteiger partial charge on any atom is 0.315 e. The number of nitrogens with zero attached hydrogens (tertiary/aromatic N) is 1. The Kier molecular flexibility index (Phi) is 7.87. The number of Topliss-reactive ketones (excluding diaryl/α,β-unsaturated/α-hetero) is 1. The Morgan fingerprint density at radius 2 is 1.66 bits per heavy atom. The third-order valence-electron chi connectivity index (χ3n) is 10.00. The SMILES string of the molecule is CCC(C)NC(=O)N[C@H](C(=O)N1CC2C([C@H]1C(=O)NC(CC1CC1)C(=O)C(N)=O)C2(C)C)C1Cc2ccccc2C1. The molecule has 1 aliphatic heterocycles. The van der Waals surface area contributed by atoms with Crippen LogP contribution in [0.4, 0.5) is 4.79 Å². The van der Waals surface area contributed by atoms with Crippen molar-refractivity contribution in [2.24, 2.45) is 34.8 Å². The summed E-state index contributed by atoms with van der Waals surface area (Å²) in [6.07, 6.45) is 4.30. The molecule has 222 valence electrons. The van der Waals surface area contributed by atoms with Crippen LogP contribution in [0.15, 0.2) is 24.3 Å². The fraction of sp³-hybridized carbons (Fsp3) is 0.645. The number of piperidine rings is 1. The van der Waals surface area contributed by atoms with Gasteiger partial charge in [-0.1, -0.05) is 57.9 Å². The maximum atomic E-state index is 14.3. The van der Waals surface area contributed by atoms with Gasteiger partial charge in [-0.15, -0.1) is 0 Å². The Bertz CT molecular complexity index is 1220. The highest BCUT2D eigenvalue weighted by Crippen LogP contribution is 2.65. The molecule has 1 aromatic carbocycles. The smallest absolute Gasteiger partial charge is 0.315 e. The van der Waals surface area contributed by atoms with Crippen LogP contribution in [0.5, 0.6) is 0 Å².